The van der Waals surface area contributed by atoms with Crippen LogP contribution in [0, 0.1) is 0 Å². The van der Waals surface area contributed by atoms with Gasteiger partial charge in [-0.25, -0.2) is 9.59 Å². The van der Waals surface area contributed by atoms with Crippen LogP contribution in [0.5, 0.6) is 0 Å². The molecule has 0 atom stereocenters. The summed E-state index contributed by atoms with van der Waals surface area (Å²) >= 11 is 1.43. The zero-order valence-electron chi connectivity index (χ0n) is 12.7. The monoisotopic (exact) mass is 324 g/mol. The number of urea groups is 1. The van der Waals surface area contributed by atoms with E-state index in [1.807, 2.05) is 6.07 Å². The van der Waals surface area contributed by atoms with E-state index in [0.717, 1.165) is 25.7 Å². The van der Waals surface area contributed by atoms with Crippen LogP contribution in [0.15, 0.2) is 6.07 Å². The lowest BCUT2D eigenvalue weighted by Gasteiger charge is -2.09. The number of aryl methyl sites for hydroxylation is 2. The molecule has 0 saturated heterocycles. The van der Waals surface area contributed by atoms with Crippen LogP contribution in [-0.4, -0.2) is 30.6 Å². The van der Waals surface area contributed by atoms with Crippen LogP contribution in [0.3, 0.4) is 0 Å². The lowest BCUT2D eigenvalue weighted by molar-refractivity contribution is -0.123. The van der Waals surface area contributed by atoms with Crippen molar-refractivity contribution in [3.63, 3.8) is 0 Å². The first-order chi connectivity index (χ1) is 10.5. The van der Waals surface area contributed by atoms with Gasteiger partial charge in [-0.05, 0) is 51.2 Å². The maximum absolute atomic E-state index is 11.9. The highest BCUT2D eigenvalue weighted by atomic mass is 32.1. The zero-order chi connectivity index (χ0) is 16.1. The van der Waals surface area contributed by atoms with Crippen molar-refractivity contribution in [1.29, 1.82) is 0 Å². The van der Waals surface area contributed by atoms with Crippen LogP contribution < -0.4 is 10.6 Å². The molecule has 1 aliphatic carbocycles. The molecule has 0 fully saturated rings. The van der Waals surface area contributed by atoms with Crippen LogP contribution in [0.4, 0.5) is 4.79 Å². The Morgan fingerprint density at radius 2 is 2.00 bits per heavy atom. The fourth-order valence-corrected chi connectivity index (χ4v) is 3.40. The average molecular weight is 324 g/mol. The van der Waals surface area contributed by atoms with Crippen molar-refractivity contribution in [3.05, 3.63) is 21.4 Å². The Bertz CT molecular complexity index is 557. The molecule has 1 aliphatic rings. The molecule has 0 saturated carbocycles. The molecular formula is C15H20N2O4S. The standard InChI is InChI=1S/C15H20N2O4S/c1-9(2)16-15(20)17-13(18)8-21-14(19)12-7-10-5-3-4-6-11(10)22-12/h7,9H,3-6,8H2,1-2H3,(H2,16,17,18,20). The second kappa shape index (κ2) is 7.40. The third kappa shape index (κ3) is 4.56. The van der Waals surface area contributed by atoms with Crippen molar-refractivity contribution < 1.29 is 19.1 Å². The van der Waals surface area contributed by atoms with Gasteiger partial charge in [0.05, 0.1) is 0 Å². The van der Waals surface area contributed by atoms with Gasteiger partial charge in [0.25, 0.3) is 5.91 Å². The number of thiophene rings is 1. The average Bonchev–Trinajstić information content (AvgIpc) is 2.87. The van der Waals surface area contributed by atoms with Crippen molar-refractivity contribution in [2.45, 2.75) is 45.6 Å². The van der Waals surface area contributed by atoms with Crippen LogP contribution in [0.2, 0.25) is 0 Å². The summed E-state index contributed by atoms with van der Waals surface area (Å²) in [4.78, 5) is 36.5. The molecule has 3 amide bonds. The van der Waals surface area contributed by atoms with Crippen molar-refractivity contribution in [3.8, 4) is 0 Å². The first-order valence-electron chi connectivity index (χ1n) is 7.34. The fraction of sp³-hybridized carbons (Fsp3) is 0.533. The van der Waals surface area contributed by atoms with Gasteiger partial charge in [-0.3, -0.25) is 10.1 Å². The molecule has 1 aromatic rings. The molecular weight excluding hydrogens is 304 g/mol. The number of hydrogen-bond acceptors (Lipinski definition) is 5. The molecule has 6 nitrogen and oxygen atoms in total. The number of rotatable bonds is 4. The smallest absolute Gasteiger partial charge is 0.348 e. The molecule has 1 heterocycles. The number of ether oxygens (including phenoxy) is 1. The van der Waals surface area contributed by atoms with E-state index in [0.29, 0.717) is 4.88 Å². The van der Waals surface area contributed by atoms with E-state index < -0.39 is 24.5 Å². The highest BCUT2D eigenvalue weighted by Gasteiger charge is 2.19. The Morgan fingerprint density at radius 3 is 2.68 bits per heavy atom. The van der Waals surface area contributed by atoms with Gasteiger partial charge >= 0.3 is 12.0 Å². The van der Waals surface area contributed by atoms with Gasteiger partial charge < -0.3 is 10.1 Å². The molecule has 0 spiro atoms. The van der Waals surface area contributed by atoms with Crippen LogP contribution in [0.25, 0.3) is 0 Å². The predicted octanol–water partition coefficient (Wildman–Crippen LogP) is 2.02. The highest BCUT2D eigenvalue weighted by molar-refractivity contribution is 7.14. The number of imide groups is 1. The van der Waals surface area contributed by atoms with Crippen LogP contribution in [0.1, 0.15) is 46.8 Å². The Balaban J connectivity index is 1.81. The maximum atomic E-state index is 11.9. The van der Waals surface area contributed by atoms with E-state index in [2.05, 4.69) is 10.6 Å². The van der Waals surface area contributed by atoms with Gasteiger partial charge in [0.1, 0.15) is 4.88 Å². The molecule has 0 radical (unpaired) electrons. The number of nitrogens with one attached hydrogen (secondary N) is 2. The van der Waals surface area contributed by atoms with Gasteiger partial charge in [0.2, 0.25) is 0 Å². The molecule has 22 heavy (non-hydrogen) atoms. The van der Waals surface area contributed by atoms with E-state index in [9.17, 15) is 14.4 Å². The summed E-state index contributed by atoms with van der Waals surface area (Å²) in [6.45, 7) is 3.10. The Morgan fingerprint density at radius 1 is 1.27 bits per heavy atom. The van der Waals surface area contributed by atoms with Crippen molar-refractivity contribution in [2.75, 3.05) is 6.61 Å². The third-order valence-corrected chi connectivity index (χ3v) is 4.42. The summed E-state index contributed by atoms with van der Waals surface area (Å²) in [7, 11) is 0. The molecule has 2 rings (SSSR count). The van der Waals surface area contributed by atoms with Crippen LogP contribution in [-0.2, 0) is 22.4 Å². The second-order valence-corrected chi connectivity index (χ2v) is 6.66. The molecule has 0 bridgehead atoms. The lowest BCUT2D eigenvalue weighted by Crippen LogP contribution is -2.44. The number of fused-ring (bicyclic) bond motifs is 1. The fourth-order valence-electron chi connectivity index (χ4n) is 2.25. The number of amides is 3. The highest BCUT2D eigenvalue weighted by Crippen LogP contribution is 2.29. The minimum Gasteiger partial charge on any atom is -0.451 e. The number of esters is 1. The van der Waals surface area contributed by atoms with Crippen molar-refractivity contribution >= 4 is 29.2 Å². The number of hydrogen-bond donors (Lipinski definition) is 2. The minimum atomic E-state index is -0.646. The van der Waals surface area contributed by atoms with E-state index in [4.69, 9.17) is 4.74 Å². The molecule has 1 aromatic heterocycles. The minimum absolute atomic E-state index is 0.0761. The largest absolute Gasteiger partial charge is 0.451 e. The zero-order valence-corrected chi connectivity index (χ0v) is 13.5. The molecule has 2 N–H and O–H groups in total. The first-order valence-corrected chi connectivity index (χ1v) is 8.16. The Kier molecular flexibility index (Phi) is 5.54. The molecule has 0 unspecified atom stereocenters. The summed E-state index contributed by atoms with van der Waals surface area (Å²) in [5.41, 5.74) is 1.21. The van der Waals surface area contributed by atoms with Gasteiger partial charge in [0, 0.05) is 10.9 Å². The summed E-state index contributed by atoms with van der Waals surface area (Å²) in [5.74, 6) is -1.16. The van der Waals surface area contributed by atoms with Gasteiger partial charge in [-0.15, -0.1) is 11.3 Å². The topological polar surface area (TPSA) is 84.5 Å². The Hall–Kier alpha value is -1.89. The summed E-state index contributed by atoms with van der Waals surface area (Å²) < 4.78 is 4.95. The summed E-state index contributed by atoms with van der Waals surface area (Å²) in [5, 5.41) is 4.62. The lowest BCUT2D eigenvalue weighted by atomic mass is 9.99. The van der Waals surface area contributed by atoms with Gasteiger partial charge in [-0.1, -0.05) is 0 Å². The molecule has 0 aromatic carbocycles. The quantitative estimate of drug-likeness (QED) is 0.830. The van der Waals surface area contributed by atoms with E-state index in [1.54, 1.807) is 13.8 Å². The number of carbonyl (C=O) groups excluding carboxylic acids is 3. The maximum Gasteiger partial charge on any atom is 0.348 e. The Labute approximate surface area is 133 Å². The molecule has 7 heteroatoms. The van der Waals surface area contributed by atoms with Crippen molar-refractivity contribution in [2.24, 2.45) is 0 Å². The van der Waals surface area contributed by atoms with E-state index >= 15 is 0 Å². The van der Waals surface area contributed by atoms with Gasteiger partial charge in [0.15, 0.2) is 6.61 Å². The molecule has 120 valence electrons. The van der Waals surface area contributed by atoms with Crippen LogP contribution >= 0.6 is 11.3 Å². The van der Waals surface area contributed by atoms with Gasteiger partial charge in [-0.2, -0.15) is 0 Å². The summed E-state index contributed by atoms with van der Waals surface area (Å²) in [6, 6.07) is 1.18. The van der Waals surface area contributed by atoms with E-state index in [-0.39, 0.29) is 6.04 Å². The summed E-state index contributed by atoms with van der Waals surface area (Å²) in [6.07, 6.45) is 4.29. The number of carbonyl (C=O) groups is 3. The predicted molar refractivity (Wildman–Crippen MR) is 83.1 cm³/mol. The molecule has 0 aliphatic heterocycles. The second-order valence-electron chi connectivity index (χ2n) is 5.52. The SMILES string of the molecule is CC(C)NC(=O)NC(=O)COC(=O)c1cc2c(s1)CCCC2. The van der Waals surface area contributed by atoms with E-state index in [1.165, 1.54) is 21.8 Å². The van der Waals surface area contributed by atoms with Crippen molar-refractivity contribution in [1.82, 2.24) is 10.6 Å². The normalized spacial score (nSPS) is 13.4. The third-order valence-electron chi connectivity index (χ3n) is 3.20. The first kappa shape index (κ1) is 16.5.